The summed E-state index contributed by atoms with van der Waals surface area (Å²) in [6.45, 7) is 3.52. The maximum Gasteiger partial charge on any atom is 0.329 e. The van der Waals surface area contributed by atoms with E-state index in [0.717, 1.165) is 4.90 Å². The highest BCUT2D eigenvalue weighted by atomic mass is 35.5. The first-order chi connectivity index (χ1) is 9.38. The van der Waals surface area contributed by atoms with Gasteiger partial charge in [0, 0.05) is 6.04 Å². The zero-order valence-corrected chi connectivity index (χ0v) is 12.2. The van der Waals surface area contributed by atoms with E-state index in [4.69, 9.17) is 16.3 Å². The highest BCUT2D eigenvalue weighted by molar-refractivity contribution is 6.32. The Labute approximate surface area is 122 Å². The van der Waals surface area contributed by atoms with Gasteiger partial charge in [0.1, 0.15) is 5.75 Å². The maximum atomic E-state index is 12.3. The van der Waals surface area contributed by atoms with Crippen molar-refractivity contribution in [1.29, 1.82) is 0 Å². The molecule has 2 rings (SSSR count). The normalized spacial score (nSPS) is 22.9. The monoisotopic (exact) mass is 300 g/mol. The lowest BCUT2D eigenvalue weighted by atomic mass is 10.2. The highest BCUT2D eigenvalue weighted by Gasteiger charge is 2.46. The second kappa shape index (κ2) is 5.47. The Kier molecular flexibility index (Phi) is 4.08. The van der Waals surface area contributed by atoms with Crippen LogP contribution in [-0.4, -0.2) is 46.8 Å². The molecule has 1 aromatic carbocycles. The Hall–Kier alpha value is -1.50. The fourth-order valence-electron chi connectivity index (χ4n) is 2.22. The third kappa shape index (κ3) is 2.30. The van der Waals surface area contributed by atoms with Crippen LogP contribution >= 0.6 is 11.6 Å². The molecule has 1 aliphatic rings. The highest BCUT2D eigenvalue weighted by Crippen LogP contribution is 2.33. The maximum absolute atomic E-state index is 12.3. The van der Waals surface area contributed by atoms with Gasteiger partial charge in [-0.15, -0.1) is 0 Å². The minimum absolute atomic E-state index is 0.231. The SMILES string of the molecule is COc1ccc(N2C(=O)N(C(C)C)[C@H](O)[C@@H]2O)cc1Cl. The minimum Gasteiger partial charge on any atom is -0.495 e. The second-order valence-electron chi connectivity index (χ2n) is 4.80. The van der Waals surface area contributed by atoms with Gasteiger partial charge in [0.15, 0.2) is 12.5 Å². The Morgan fingerprint density at radius 2 is 1.95 bits per heavy atom. The number of methoxy groups -OCH3 is 1. The van der Waals surface area contributed by atoms with Crippen molar-refractivity contribution in [3.8, 4) is 5.75 Å². The molecule has 110 valence electrons. The Morgan fingerprint density at radius 1 is 1.30 bits per heavy atom. The van der Waals surface area contributed by atoms with Gasteiger partial charge in [-0.3, -0.25) is 9.80 Å². The molecule has 20 heavy (non-hydrogen) atoms. The number of urea groups is 1. The van der Waals surface area contributed by atoms with Gasteiger partial charge < -0.3 is 14.9 Å². The van der Waals surface area contributed by atoms with Gasteiger partial charge in [0.2, 0.25) is 0 Å². The van der Waals surface area contributed by atoms with E-state index in [1.54, 1.807) is 26.0 Å². The number of hydrogen-bond donors (Lipinski definition) is 2. The molecule has 1 fully saturated rings. The van der Waals surface area contributed by atoms with Crippen molar-refractivity contribution in [2.75, 3.05) is 12.0 Å². The minimum atomic E-state index is -1.34. The molecule has 0 bridgehead atoms. The van der Waals surface area contributed by atoms with Crippen LogP contribution in [0.15, 0.2) is 18.2 Å². The van der Waals surface area contributed by atoms with E-state index in [0.29, 0.717) is 16.5 Å². The number of carbonyl (C=O) groups excluding carboxylic acids is 1. The van der Waals surface area contributed by atoms with Crippen LogP contribution in [-0.2, 0) is 0 Å². The quantitative estimate of drug-likeness (QED) is 0.890. The molecule has 0 spiro atoms. The van der Waals surface area contributed by atoms with Gasteiger partial charge in [-0.1, -0.05) is 11.6 Å². The molecule has 1 heterocycles. The van der Waals surface area contributed by atoms with Crippen molar-refractivity contribution < 1.29 is 19.7 Å². The number of halogens is 1. The number of ether oxygens (including phenoxy) is 1. The van der Waals surface area contributed by atoms with E-state index in [2.05, 4.69) is 0 Å². The van der Waals surface area contributed by atoms with E-state index in [9.17, 15) is 15.0 Å². The van der Waals surface area contributed by atoms with Crippen molar-refractivity contribution in [2.24, 2.45) is 0 Å². The number of hydrogen-bond acceptors (Lipinski definition) is 4. The largest absolute Gasteiger partial charge is 0.495 e. The number of nitrogens with zero attached hydrogens (tertiary/aromatic N) is 2. The van der Waals surface area contributed by atoms with Gasteiger partial charge in [0.25, 0.3) is 0 Å². The van der Waals surface area contributed by atoms with E-state index in [1.165, 1.54) is 18.1 Å². The molecule has 1 aliphatic heterocycles. The molecule has 1 aromatic rings. The van der Waals surface area contributed by atoms with Crippen LogP contribution in [0.3, 0.4) is 0 Å². The number of amides is 2. The fourth-order valence-corrected chi connectivity index (χ4v) is 2.47. The molecule has 1 saturated heterocycles. The van der Waals surface area contributed by atoms with Crippen molar-refractivity contribution in [3.63, 3.8) is 0 Å². The third-order valence-corrected chi connectivity index (χ3v) is 3.51. The third-order valence-electron chi connectivity index (χ3n) is 3.21. The molecule has 6 nitrogen and oxygen atoms in total. The van der Waals surface area contributed by atoms with Crippen LogP contribution in [0.5, 0.6) is 5.75 Å². The molecule has 0 aromatic heterocycles. The van der Waals surface area contributed by atoms with E-state index >= 15 is 0 Å². The van der Waals surface area contributed by atoms with Gasteiger partial charge in [-0.05, 0) is 32.0 Å². The van der Waals surface area contributed by atoms with Crippen LogP contribution in [0.2, 0.25) is 5.02 Å². The number of aliphatic hydroxyl groups excluding tert-OH is 2. The first-order valence-electron chi connectivity index (χ1n) is 6.19. The lowest BCUT2D eigenvalue weighted by Crippen LogP contribution is -2.40. The van der Waals surface area contributed by atoms with E-state index < -0.39 is 18.5 Å². The predicted octanol–water partition coefficient (Wildman–Crippen LogP) is 1.64. The summed E-state index contributed by atoms with van der Waals surface area (Å²) in [7, 11) is 1.49. The standard InChI is InChI=1S/C13H17ClN2O4/c1-7(2)15-11(17)12(18)16(13(15)19)8-4-5-10(20-3)9(14)6-8/h4-7,11-12,17-18H,1-3H3/t11-,12+/m1/s1. The van der Waals surface area contributed by atoms with Gasteiger partial charge >= 0.3 is 6.03 Å². The fraction of sp³-hybridized carbons (Fsp3) is 0.462. The van der Waals surface area contributed by atoms with Gasteiger partial charge in [-0.25, -0.2) is 4.79 Å². The average molecular weight is 301 g/mol. The Balaban J connectivity index is 2.37. The summed E-state index contributed by atoms with van der Waals surface area (Å²) in [4.78, 5) is 14.6. The van der Waals surface area contributed by atoms with Gasteiger partial charge in [0.05, 0.1) is 17.8 Å². The summed E-state index contributed by atoms with van der Waals surface area (Å²) >= 11 is 6.02. The summed E-state index contributed by atoms with van der Waals surface area (Å²) in [6, 6.07) is 4.01. The van der Waals surface area contributed by atoms with Crippen LogP contribution in [0.25, 0.3) is 0 Å². The summed E-state index contributed by atoms with van der Waals surface area (Å²) < 4.78 is 5.04. The van der Waals surface area contributed by atoms with Crippen molar-refractivity contribution >= 4 is 23.3 Å². The van der Waals surface area contributed by atoms with Crippen LogP contribution in [0.1, 0.15) is 13.8 Å². The number of aliphatic hydroxyl groups is 2. The molecule has 7 heteroatoms. The zero-order valence-electron chi connectivity index (χ0n) is 11.4. The van der Waals surface area contributed by atoms with Crippen LogP contribution < -0.4 is 9.64 Å². The molecule has 0 aliphatic carbocycles. The smallest absolute Gasteiger partial charge is 0.329 e. The summed E-state index contributed by atoms with van der Waals surface area (Å²) in [5, 5.41) is 20.3. The number of anilines is 1. The topological polar surface area (TPSA) is 73.2 Å². The zero-order chi connectivity index (χ0) is 15.0. The molecular weight excluding hydrogens is 284 g/mol. The van der Waals surface area contributed by atoms with Crippen molar-refractivity contribution in [3.05, 3.63) is 23.2 Å². The van der Waals surface area contributed by atoms with E-state index in [1.807, 2.05) is 0 Å². The Morgan fingerprint density at radius 3 is 2.40 bits per heavy atom. The average Bonchev–Trinajstić information content (AvgIpc) is 2.60. The van der Waals surface area contributed by atoms with Crippen molar-refractivity contribution in [1.82, 2.24) is 4.90 Å². The lowest BCUT2D eigenvalue weighted by Gasteiger charge is -2.23. The van der Waals surface area contributed by atoms with Crippen LogP contribution in [0, 0.1) is 0 Å². The number of rotatable bonds is 3. The first-order valence-corrected chi connectivity index (χ1v) is 6.57. The number of benzene rings is 1. The first kappa shape index (κ1) is 14.9. The summed E-state index contributed by atoms with van der Waals surface area (Å²) in [6.07, 6.45) is -2.61. The van der Waals surface area contributed by atoms with Crippen LogP contribution in [0.4, 0.5) is 10.5 Å². The van der Waals surface area contributed by atoms with E-state index in [-0.39, 0.29) is 6.04 Å². The molecule has 0 radical (unpaired) electrons. The molecule has 2 N–H and O–H groups in total. The second-order valence-corrected chi connectivity index (χ2v) is 5.21. The molecule has 0 saturated carbocycles. The molecule has 2 atom stereocenters. The summed E-state index contributed by atoms with van der Waals surface area (Å²) in [5.74, 6) is 0.470. The Bertz CT molecular complexity index is 523. The van der Waals surface area contributed by atoms with Gasteiger partial charge in [-0.2, -0.15) is 0 Å². The number of carbonyl (C=O) groups is 1. The summed E-state index contributed by atoms with van der Waals surface area (Å²) in [5.41, 5.74) is 0.399. The molecular formula is C13H17ClN2O4. The predicted molar refractivity (Wildman–Crippen MR) is 74.9 cm³/mol. The molecule has 0 unspecified atom stereocenters. The molecule has 2 amide bonds. The lowest BCUT2D eigenvalue weighted by molar-refractivity contribution is -0.0377. The van der Waals surface area contributed by atoms with Crippen molar-refractivity contribution in [2.45, 2.75) is 32.3 Å².